The summed E-state index contributed by atoms with van der Waals surface area (Å²) in [5.41, 5.74) is 1.79. The lowest BCUT2D eigenvalue weighted by Crippen LogP contribution is -2.30. The first-order valence-electron chi connectivity index (χ1n) is 7.58. The molecule has 0 aromatic carbocycles. The van der Waals surface area contributed by atoms with Crippen LogP contribution in [-0.2, 0) is 6.42 Å². The number of halogens is 1. The van der Waals surface area contributed by atoms with Crippen molar-refractivity contribution >= 4 is 0 Å². The lowest BCUT2D eigenvalue weighted by atomic mass is 10.0. The van der Waals surface area contributed by atoms with E-state index in [0.717, 1.165) is 24.2 Å². The van der Waals surface area contributed by atoms with Crippen LogP contribution in [0.5, 0.6) is 0 Å². The average molecular weight is 303 g/mol. The second kappa shape index (κ2) is 8.56. The first kappa shape index (κ1) is 16.5. The molecule has 2 rings (SSSR count). The van der Waals surface area contributed by atoms with Gasteiger partial charge in [0.15, 0.2) is 0 Å². The second-order valence-electron chi connectivity index (χ2n) is 5.34. The van der Waals surface area contributed by atoms with Gasteiger partial charge in [0.1, 0.15) is 5.82 Å². The molecule has 0 bridgehead atoms. The van der Waals surface area contributed by atoms with Crippen molar-refractivity contribution in [1.29, 1.82) is 0 Å². The number of hydrogen-bond acceptors (Lipinski definition) is 4. The molecule has 0 fully saturated rings. The third kappa shape index (κ3) is 4.86. The Hall–Kier alpha value is -1.85. The van der Waals surface area contributed by atoms with Crippen molar-refractivity contribution in [2.75, 3.05) is 13.2 Å². The van der Waals surface area contributed by atoms with Crippen LogP contribution in [0.3, 0.4) is 0 Å². The lowest BCUT2D eigenvalue weighted by molar-refractivity contribution is 0.216. The van der Waals surface area contributed by atoms with Gasteiger partial charge in [-0.25, -0.2) is 4.39 Å². The van der Waals surface area contributed by atoms with E-state index in [1.165, 1.54) is 12.3 Å². The maximum absolute atomic E-state index is 12.9. The molecule has 2 unspecified atom stereocenters. The lowest BCUT2D eigenvalue weighted by Gasteiger charge is -2.20. The molecule has 0 amide bonds. The van der Waals surface area contributed by atoms with Crippen LogP contribution >= 0.6 is 0 Å². The predicted molar refractivity (Wildman–Crippen MR) is 83.7 cm³/mol. The van der Waals surface area contributed by atoms with Gasteiger partial charge in [-0.1, -0.05) is 13.0 Å². The molecule has 22 heavy (non-hydrogen) atoms. The Balaban J connectivity index is 1.91. The van der Waals surface area contributed by atoms with Gasteiger partial charge in [0, 0.05) is 31.1 Å². The van der Waals surface area contributed by atoms with Crippen molar-refractivity contribution < 1.29 is 9.50 Å². The Morgan fingerprint density at radius 2 is 2.09 bits per heavy atom. The number of rotatable bonds is 8. The van der Waals surface area contributed by atoms with Crippen LogP contribution in [0.15, 0.2) is 42.7 Å². The van der Waals surface area contributed by atoms with Crippen LogP contribution in [0.25, 0.3) is 0 Å². The van der Waals surface area contributed by atoms with Crippen molar-refractivity contribution in [3.8, 4) is 0 Å². The smallest absolute Gasteiger partial charge is 0.141 e. The van der Waals surface area contributed by atoms with E-state index in [0.29, 0.717) is 6.54 Å². The van der Waals surface area contributed by atoms with Crippen LogP contribution < -0.4 is 5.32 Å². The van der Waals surface area contributed by atoms with E-state index in [1.807, 2.05) is 18.2 Å². The van der Waals surface area contributed by atoms with Crippen LogP contribution in [0.2, 0.25) is 0 Å². The van der Waals surface area contributed by atoms with Crippen molar-refractivity contribution in [2.24, 2.45) is 5.92 Å². The summed E-state index contributed by atoms with van der Waals surface area (Å²) in [6.45, 7) is 2.80. The zero-order valence-electron chi connectivity index (χ0n) is 12.7. The first-order chi connectivity index (χ1) is 10.7. The molecule has 2 aromatic heterocycles. The summed E-state index contributed by atoms with van der Waals surface area (Å²) in [6, 6.07) is 8.96. The molecule has 118 valence electrons. The molecular formula is C17H22FN3O. The molecule has 2 aromatic rings. The molecular weight excluding hydrogens is 281 g/mol. The average Bonchev–Trinajstić information content (AvgIpc) is 2.56. The Morgan fingerprint density at radius 3 is 2.68 bits per heavy atom. The monoisotopic (exact) mass is 303 g/mol. The molecule has 2 atom stereocenters. The molecule has 0 saturated carbocycles. The minimum Gasteiger partial charge on any atom is -0.396 e. The Kier molecular flexibility index (Phi) is 6.43. The Labute approximate surface area is 130 Å². The highest BCUT2D eigenvalue weighted by atomic mass is 19.1. The Bertz CT molecular complexity index is 548. The third-order valence-corrected chi connectivity index (χ3v) is 3.65. The first-order valence-corrected chi connectivity index (χ1v) is 7.58. The number of aliphatic hydroxyl groups excluding tert-OH is 1. The number of aliphatic hydroxyl groups is 1. The largest absolute Gasteiger partial charge is 0.396 e. The number of nitrogens with one attached hydrogen (secondary N) is 1. The number of aromatic nitrogens is 2. The van der Waals surface area contributed by atoms with E-state index < -0.39 is 0 Å². The van der Waals surface area contributed by atoms with Crippen LogP contribution in [0, 0.1) is 11.7 Å². The fourth-order valence-corrected chi connectivity index (χ4v) is 2.38. The molecule has 0 saturated heterocycles. The van der Waals surface area contributed by atoms with Gasteiger partial charge in [0.25, 0.3) is 0 Å². The highest BCUT2D eigenvalue weighted by Crippen LogP contribution is 2.15. The van der Waals surface area contributed by atoms with Gasteiger partial charge in [0.2, 0.25) is 0 Å². The standard InChI is InChI=1S/C17H22FN3O/c1-2-16(17-7-6-14(18)11-21-17)20-10-13(12-22)9-15-5-3-4-8-19-15/h3-8,11,13,16,20,22H,2,9-10,12H2,1H3. The molecule has 0 aliphatic carbocycles. The van der Waals surface area contributed by atoms with Crippen molar-refractivity contribution in [3.63, 3.8) is 0 Å². The molecule has 0 aliphatic rings. The normalized spacial score (nSPS) is 13.8. The maximum Gasteiger partial charge on any atom is 0.141 e. The molecule has 0 aliphatic heterocycles. The maximum atomic E-state index is 12.9. The van der Waals surface area contributed by atoms with Gasteiger partial charge in [-0.05, 0) is 43.0 Å². The summed E-state index contributed by atoms with van der Waals surface area (Å²) in [5, 5.41) is 13.0. The van der Waals surface area contributed by atoms with E-state index >= 15 is 0 Å². The third-order valence-electron chi connectivity index (χ3n) is 3.65. The van der Waals surface area contributed by atoms with Crippen molar-refractivity contribution in [2.45, 2.75) is 25.8 Å². The minimum absolute atomic E-state index is 0.0541. The summed E-state index contributed by atoms with van der Waals surface area (Å²) >= 11 is 0. The minimum atomic E-state index is -0.331. The number of hydrogen-bond donors (Lipinski definition) is 2. The van der Waals surface area contributed by atoms with Gasteiger partial charge in [-0.15, -0.1) is 0 Å². The van der Waals surface area contributed by atoms with Crippen molar-refractivity contribution in [1.82, 2.24) is 15.3 Å². The molecule has 5 heteroatoms. The van der Waals surface area contributed by atoms with E-state index in [1.54, 1.807) is 12.3 Å². The van der Waals surface area contributed by atoms with Crippen LogP contribution in [0.4, 0.5) is 4.39 Å². The van der Waals surface area contributed by atoms with E-state index in [9.17, 15) is 9.50 Å². The van der Waals surface area contributed by atoms with Gasteiger partial charge in [-0.3, -0.25) is 9.97 Å². The predicted octanol–water partition coefficient (Wildman–Crippen LogP) is 2.51. The van der Waals surface area contributed by atoms with Gasteiger partial charge >= 0.3 is 0 Å². The number of pyridine rings is 2. The highest BCUT2D eigenvalue weighted by molar-refractivity contribution is 5.10. The van der Waals surface area contributed by atoms with Crippen LogP contribution in [-0.4, -0.2) is 28.2 Å². The van der Waals surface area contributed by atoms with E-state index in [-0.39, 0.29) is 24.4 Å². The fourth-order valence-electron chi connectivity index (χ4n) is 2.38. The van der Waals surface area contributed by atoms with Gasteiger partial charge in [-0.2, -0.15) is 0 Å². The molecule has 0 spiro atoms. The summed E-state index contributed by atoms with van der Waals surface area (Å²) in [6.07, 6.45) is 4.56. The number of nitrogens with zero attached hydrogens (tertiary/aromatic N) is 2. The summed E-state index contributed by atoms with van der Waals surface area (Å²) in [4.78, 5) is 8.41. The summed E-state index contributed by atoms with van der Waals surface area (Å²) in [5.74, 6) is -0.244. The van der Waals surface area contributed by atoms with Gasteiger partial charge in [0.05, 0.1) is 11.9 Å². The molecule has 0 radical (unpaired) electrons. The van der Waals surface area contributed by atoms with Gasteiger partial charge < -0.3 is 10.4 Å². The Morgan fingerprint density at radius 1 is 1.23 bits per heavy atom. The van der Waals surface area contributed by atoms with E-state index in [2.05, 4.69) is 22.2 Å². The highest BCUT2D eigenvalue weighted by Gasteiger charge is 2.14. The fraction of sp³-hybridized carbons (Fsp3) is 0.412. The topological polar surface area (TPSA) is 58.0 Å². The van der Waals surface area contributed by atoms with Crippen molar-refractivity contribution in [3.05, 3.63) is 59.9 Å². The second-order valence-corrected chi connectivity index (χ2v) is 5.34. The molecule has 2 N–H and O–H groups in total. The quantitative estimate of drug-likeness (QED) is 0.787. The van der Waals surface area contributed by atoms with E-state index in [4.69, 9.17) is 0 Å². The molecule has 2 heterocycles. The molecule has 4 nitrogen and oxygen atoms in total. The summed E-state index contributed by atoms with van der Waals surface area (Å²) < 4.78 is 12.9. The summed E-state index contributed by atoms with van der Waals surface area (Å²) in [7, 11) is 0. The zero-order chi connectivity index (χ0) is 15.8. The zero-order valence-corrected chi connectivity index (χ0v) is 12.7. The SMILES string of the molecule is CCC(NCC(CO)Cc1ccccn1)c1ccc(F)cn1. The van der Waals surface area contributed by atoms with Crippen LogP contribution in [0.1, 0.15) is 30.8 Å².